The smallest absolute Gasteiger partial charge is 0.219 e. The highest BCUT2D eigenvalue weighted by Gasteiger charge is 2.23. The third kappa shape index (κ3) is 3.70. The molecule has 1 fully saturated rings. The third-order valence-electron chi connectivity index (χ3n) is 3.61. The van der Waals surface area contributed by atoms with E-state index in [1.54, 1.807) is 11.8 Å². The van der Waals surface area contributed by atoms with Crippen LogP contribution in [-0.2, 0) is 16.1 Å². The minimum absolute atomic E-state index is 0.0798. The molecule has 1 heterocycles. The highest BCUT2D eigenvalue weighted by Crippen LogP contribution is 2.20. The van der Waals surface area contributed by atoms with Crippen LogP contribution in [0.4, 0.5) is 5.69 Å². The number of hydrogen-bond donors (Lipinski definition) is 1. The first-order chi connectivity index (χ1) is 9.06. The van der Waals surface area contributed by atoms with Crippen molar-refractivity contribution in [1.82, 2.24) is 4.90 Å². The Kier molecular flexibility index (Phi) is 4.43. The number of anilines is 1. The average Bonchev–Trinajstić information content (AvgIpc) is 2.75. The van der Waals surface area contributed by atoms with Crippen molar-refractivity contribution in [2.75, 3.05) is 19.0 Å². The lowest BCUT2D eigenvalue weighted by Gasteiger charge is -2.19. The fraction of sp³-hybridized carbons (Fsp3) is 0.533. The van der Waals surface area contributed by atoms with Gasteiger partial charge in [0, 0.05) is 32.8 Å². The predicted molar refractivity (Wildman–Crippen MR) is 76.0 cm³/mol. The Hall–Kier alpha value is -1.55. The molecular formula is C15H22N2O2. The first kappa shape index (κ1) is 13.9. The summed E-state index contributed by atoms with van der Waals surface area (Å²) in [5.74, 6) is 0.0798. The first-order valence-electron chi connectivity index (χ1n) is 6.75. The van der Waals surface area contributed by atoms with Crippen LogP contribution >= 0.6 is 0 Å². The average molecular weight is 262 g/mol. The van der Waals surface area contributed by atoms with E-state index in [0.717, 1.165) is 24.3 Å². The maximum Gasteiger partial charge on any atom is 0.219 e. The molecule has 1 saturated heterocycles. The Balaban J connectivity index is 2.00. The largest absolute Gasteiger partial charge is 0.380 e. The van der Waals surface area contributed by atoms with Crippen LogP contribution < -0.4 is 5.32 Å². The van der Waals surface area contributed by atoms with Crippen LogP contribution in [-0.4, -0.2) is 36.6 Å². The van der Waals surface area contributed by atoms with Gasteiger partial charge in [-0.3, -0.25) is 4.79 Å². The summed E-state index contributed by atoms with van der Waals surface area (Å²) in [4.78, 5) is 13.0. The number of rotatable bonds is 4. The normalized spacial score (nSPS) is 22.3. The standard InChI is InChI=1S/C15H22N2O2/c1-11-15(7-8-19-11)16-14-6-4-5-13(9-14)10-17(3)12(2)18/h4-6,9,11,15-16H,7-8,10H2,1-3H3. The van der Waals surface area contributed by atoms with Gasteiger partial charge in [0.1, 0.15) is 0 Å². The number of ether oxygens (including phenoxy) is 1. The summed E-state index contributed by atoms with van der Waals surface area (Å²) >= 11 is 0. The van der Waals surface area contributed by atoms with Crippen molar-refractivity contribution in [2.45, 2.75) is 39.0 Å². The van der Waals surface area contributed by atoms with Crippen molar-refractivity contribution in [1.29, 1.82) is 0 Å². The van der Waals surface area contributed by atoms with Crippen LogP contribution in [0.5, 0.6) is 0 Å². The molecule has 0 radical (unpaired) electrons. The van der Waals surface area contributed by atoms with Gasteiger partial charge >= 0.3 is 0 Å². The zero-order valence-corrected chi connectivity index (χ0v) is 11.8. The van der Waals surface area contributed by atoms with Gasteiger partial charge in [0.2, 0.25) is 5.91 Å². The monoisotopic (exact) mass is 262 g/mol. The maximum atomic E-state index is 11.2. The van der Waals surface area contributed by atoms with E-state index in [4.69, 9.17) is 4.74 Å². The van der Waals surface area contributed by atoms with E-state index in [1.807, 2.05) is 19.2 Å². The van der Waals surface area contributed by atoms with Crippen molar-refractivity contribution in [2.24, 2.45) is 0 Å². The zero-order chi connectivity index (χ0) is 13.8. The summed E-state index contributed by atoms with van der Waals surface area (Å²) in [7, 11) is 1.81. The van der Waals surface area contributed by atoms with Crippen molar-refractivity contribution in [3.63, 3.8) is 0 Å². The molecule has 4 nitrogen and oxygen atoms in total. The molecule has 0 aliphatic carbocycles. The summed E-state index contributed by atoms with van der Waals surface area (Å²) in [6, 6.07) is 8.60. The van der Waals surface area contributed by atoms with Gasteiger partial charge in [0.05, 0.1) is 12.1 Å². The van der Waals surface area contributed by atoms with Gasteiger partial charge < -0.3 is 15.0 Å². The zero-order valence-electron chi connectivity index (χ0n) is 11.8. The minimum atomic E-state index is 0.0798. The lowest BCUT2D eigenvalue weighted by molar-refractivity contribution is -0.128. The molecule has 1 N–H and O–H groups in total. The van der Waals surface area contributed by atoms with E-state index < -0.39 is 0 Å². The molecule has 1 aliphatic rings. The second-order valence-corrected chi connectivity index (χ2v) is 5.19. The number of benzene rings is 1. The molecule has 0 aromatic heterocycles. The van der Waals surface area contributed by atoms with Gasteiger partial charge in [-0.1, -0.05) is 12.1 Å². The highest BCUT2D eigenvalue weighted by molar-refractivity contribution is 5.72. The van der Waals surface area contributed by atoms with Crippen LogP contribution in [0.3, 0.4) is 0 Å². The topological polar surface area (TPSA) is 41.6 Å². The molecule has 19 heavy (non-hydrogen) atoms. The molecule has 1 aromatic rings. The van der Waals surface area contributed by atoms with Crippen LogP contribution in [0.15, 0.2) is 24.3 Å². The van der Waals surface area contributed by atoms with E-state index in [-0.39, 0.29) is 12.0 Å². The van der Waals surface area contributed by atoms with Crippen molar-refractivity contribution < 1.29 is 9.53 Å². The van der Waals surface area contributed by atoms with Gasteiger partial charge in [-0.25, -0.2) is 0 Å². The highest BCUT2D eigenvalue weighted by atomic mass is 16.5. The number of amides is 1. The number of carbonyl (C=O) groups is 1. The Bertz CT molecular complexity index is 448. The molecule has 2 atom stereocenters. The van der Waals surface area contributed by atoms with E-state index in [2.05, 4.69) is 24.4 Å². The van der Waals surface area contributed by atoms with Gasteiger partial charge in [-0.2, -0.15) is 0 Å². The summed E-state index contributed by atoms with van der Waals surface area (Å²) in [5, 5.41) is 3.51. The molecule has 2 unspecified atom stereocenters. The molecule has 104 valence electrons. The molecule has 0 saturated carbocycles. The van der Waals surface area contributed by atoms with Crippen molar-refractivity contribution >= 4 is 11.6 Å². The SMILES string of the molecule is CC(=O)N(C)Cc1cccc(NC2CCOC2C)c1. The number of nitrogens with zero attached hydrogens (tertiary/aromatic N) is 1. The molecule has 0 spiro atoms. The quantitative estimate of drug-likeness (QED) is 0.905. The van der Waals surface area contributed by atoms with E-state index >= 15 is 0 Å². The molecule has 4 heteroatoms. The Morgan fingerprint density at radius 2 is 2.32 bits per heavy atom. The molecule has 2 rings (SSSR count). The van der Waals surface area contributed by atoms with E-state index in [0.29, 0.717) is 12.6 Å². The Labute approximate surface area is 114 Å². The lowest BCUT2D eigenvalue weighted by atomic mass is 10.1. The van der Waals surface area contributed by atoms with Gasteiger partial charge in [-0.15, -0.1) is 0 Å². The van der Waals surface area contributed by atoms with Crippen molar-refractivity contribution in [3.8, 4) is 0 Å². The summed E-state index contributed by atoms with van der Waals surface area (Å²) in [5.41, 5.74) is 2.23. The molecule has 0 bridgehead atoms. The molecular weight excluding hydrogens is 240 g/mol. The molecule has 1 aliphatic heterocycles. The summed E-state index contributed by atoms with van der Waals surface area (Å²) in [6.07, 6.45) is 1.29. The summed E-state index contributed by atoms with van der Waals surface area (Å²) in [6.45, 7) is 5.14. The van der Waals surface area contributed by atoms with E-state index in [9.17, 15) is 4.79 Å². The lowest BCUT2D eigenvalue weighted by Crippen LogP contribution is -2.27. The van der Waals surface area contributed by atoms with E-state index in [1.165, 1.54) is 0 Å². The number of carbonyl (C=O) groups excluding carboxylic acids is 1. The Morgan fingerprint density at radius 3 is 2.95 bits per heavy atom. The number of nitrogens with one attached hydrogen (secondary N) is 1. The van der Waals surface area contributed by atoms with Crippen LogP contribution in [0, 0.1) is 0 Å². The second-order valence-electron chi connectivity index (χ2n) is 5.19. The first-order valence-corrected chi connectivity index (χ1v) is 6.75. The Morgan fingerprint density at radius 1 is 1.53 bits per heavy atom. The summed E-state index contributed by atoms with van der Waals surface area (Å²) < 4.78 is 5.55. The maximum absolute atomic E-state index is 11.2. The van der Waals surface area contributed by atoms with Crippen LogP contribution in [0.1, 0.15) is 25.8 Å². The minimum Gasteiger partial charge on any atom is -0.380 e. The third-order valence-corrected chi connectivity index (χ3v) is 3.61. The fourth-order valence-electron chi connectivity index (χ4n) is 2.28. The number of hydrogen-bond acceptors (Lipinski definition) is 3. The van der Waals surface area contributed by atoms with Gasteiger partial charge in [0.25, 0.3) is 0 Å². The fourth-order valence-corrected chi connectivity index (χ4v) is 2.28. The van der Waals surface area contributed by atoms with Crippen LogP contribution in [0.2, 0.25) is 0 Å². The molecule has 1 amide bonds. The molecule has 1 aromatic carbocycles. The van der Waals surface area contributed by atoms with Gasteiger partial charge in [-0.05, 0) is 31.0 Å². The van der Waals surface area contributed by atoms with Gasteiger partial charge in [0.15, 0.2) is 0 Å². The predicted octanol–water partition coefficient (Wildman–Crippen LogP) is 2.25. The van der Waals surface area contributed by atoms with Crippen LogP contribution in [0.25, 0.3) is 0 Å². The second kappa shape index (κ2) is 6.06. The van der Waals surface area contributed by atoms with Crippen molar-refractivity contribution in [3.05, 3.63) is 29.8 Å².